The fraction of sp³-hybridized carbons (Fsp3) is 0.467. The molecule has 0 spiro atoms. The molecule has 6 heteroatoms. The summed E-state index contributed by atoms with van der Waals surface area (Å²) in [5.74, 6) is 1.06. The van der Waals surface area contributed by atoms with Gasteiger partial charge in [-0.15, -0.1) is 0 Å². The van der Waals surface area contributed by atoms with Crippen LogP contribution in [0, 0.1) is 17.2 Å². The minimum atomic E-state index is -0.192. The summed E-state index contributed by atoms with van der Waals surface area (Å²) in [5, 5.41) is 11.7. The van der Waals surface area contributed by atoms with E-state index in [0.717, 1.165) is 0 Å². The Morgan fingerprint density at radius 3 is 2.71 bits per heavy atom. The summed E-state index contributed by atoms with van der Waals surface area (Å²) in [5.41, 5.74) is 0.460. The van der Waals surface area contributed by atoms with Gasteiger partial charge in [-0.2, -0.15) is 5.26 Å². The SMILES string of the molecule is CCOc1cc(C#N)cc(Br)c1OCC(=O)NCC(C)C. The summed E-state index contributed by atoms with van der Waals surface area (Å²) in [6.45, 7) is 6.83. The highest BCUT2D eigenvalue weighted by Crippen LogP contribution is 2.36. The Morgan fingerprint density at radius 2 is 2.14 bits per heavy atom. The number of nitrogens with zero attached hydrogens (tertiary/aromatic N) is 1. The van der Waals surface area contributed by atoms with Gasteiger partial charge in [-0.3, -0.25) is 4.79 Å². The van der Waals surface area contributed by atoms with Gasteiger partial charge in [0.15, 0.2) is 18.1 Å². The van der Waals surface area contributed by atoms with Gasteiger partial charge in [0.1, 0.15) is 0 Å². The first kappa shape index (κ1) is 17.3. The zero-order chi connectivity index (χ0) is 15.8. The van der Waals surface area contributed by atoms with Crippen LogP contribution in [0.3, 0.4) is 0 Å². The Bertz CT molecular complexity index is 538. The van der Waals surface area contributed by atoms with E-state index in [-0.39, 0.29) is 12.5 Å². The molecule has 1 aromatic carbocycles. The summed E-state index contributed by atoms with van der Waals surface area (Å²) in [6.07, 6.45) is 0. The normalized spacial score (nSPS) is 10.1. The number of hydrogen-bond donors (Lipinski definition) is 1. The van der Waals surface area contributed by atoms with Crippen molar-refractivity contribution in [2.45, 2.75) is 20.8 Å². The smallest absolute Gasteiger partial charge is 0.257 e. The second-order valence-electron chi connectivity index (χ2n) is 4.82. The number of ether oxygens (including phenoxy) is 2. The number of benzene rings is 1. The number of nitriles is 1. The van der Waals surface area contributed by atoms with E-state index in [1.807, 2.05) is 26.8 Å². The maximum atomic E-state index is 11.7. The number of carbonyl (C=O) groups excluding carboxylic acids is 1. The lowest BCUT2D eigenvalue weighted by atomic mass is 10.2. The zero-order valence-electron chi connectivity index (χ0n) is 12.4. The molecule has 0 aliphatic carbocycles. The molecule has 0 radical (unpaired) electrons. The van der Waals surface area contributed by atoms with E-state index in [0.29, 0.717) is 40.6 Å². The Balaban J connectivity index is 2.78. The number of halogens is 1. The minimum Gasteiger partial charge on any atom is -0.490 e. The van der Waals surface area contributed by atoms with E-state index in [2.05, 4.69) is 21.2 Å². The summed E-state index contributed by atoms with van der Waals surface area (Å²) in [6, 6.07) is 5.27. The molecular weight excluding hydrogens is 336 g/mol. The zero-order valence-corrected chi connectivity index (χ0v) is 14.0. The summed E-state index contributed by atoms with van der Waals surface area (Å²) in [4.78, 5) is 11.7. The predicted molar refractivity (Wildman–Crippen MR) is 83.4 cm³/mol. The van der Waals surface area contributed by atoms with Crippen molar-refractivity contribution in [1.29, 1.82) is 5.26 Å². The third-order valence-electron chi connectivity index (χ3n) is 2.49. The minimum absolute atomic E-state index is 0.0999. The molecule has 1 N–H and O–H groups in total. The van der Waals surface area contributed by atoms with Crippen molar-refractivity contribution in [2.75, 3.05) is 19.8 Å². The average molecular weight is 355 g/mol. The molecule has 0 fully saturated rings. The molecule has 0 bridgehead atoms. The van der Waals surface area contributed by atoms with Gasteiger partial charge in [0.05, 0.1) is 22.7 Å². The van der Waals surface area contributed by atoms with Gasteiger partial charge >= 0.3 is 0 Å². The molecule has 0 aliphatic heterocycles. The Morgan fingerprint density at radius 1 is 1.43 bits per heavy atom. The lowest BCUT2D eigenvalue weighted by Crippen LogP contribution is -2.31. The van der Waals surface area contributed by atoms with Crippen molar-refractivity contribution in [1.82, 2.24) is 5.32 Å². The molecule has 1 rings (SSSR count). The summed E-state index contributed by atoms with van der Waals surface area (Å²) >= 11 is 3.33. The highest BCUT2D eigenvalue weighted by Gasteiger charge is 2.14. The number of nitrogens with one attached hydrogen (secondary N) is 1. The van der Waals surface area contributed by atoms with Gasteiger partial charge in [0.2, 0.25) is 0 Å². The average Bonchev–Trinajstić information content (AvgIpc) is 2.44. The molecule has 0 unspecified atom stereocenters. The maximum Gasteiger partial charge on any atom is 0.257 e. The number of carbonyl (C=O) groups is 1. The molecule has 1 aromatic rings. The fourth-order valence-corrected chi connectivity index (χ4v) is 2.10. The first-order valence-electron chi connectivity index (χ1n) is 6.73. The topological polar surface area (TPSA) is 71.3 Å². The van der Waals surface area contributed by atoms with E-state index in [1.54, 1.807) is 12.1 Å². The molecule has 21 heavy (non-hydrogen) atoms. The van der Waals surface area contributed by atoms with Gasteiger partial charge in [-0.1, -0.05) is 13.8 Å². The Kier molecular flexibility index (Phi) is 7.03. The molecule has 0 aromatic heterocycles. The lowest BCUT2D eigenvalue weighted by molar-refractivity contribution is -0.123. The van der Waals surface area contributed by atoms with Crippen molar-refractivity contribution in [2.24, 2.45) is 5.92 Å². The molecule has 1 amide bonds. The van der Waals surface area contributed by atoms with E-state index in [9.17, 15) is 4.79 Å². The van der Waals surface area contributed by atoms with Crippen molar-refractivity contribution in [3.05, 3.63) is 22.2 Å². The summed E-state index contributed by atoms with van der Waals surface area (Å²) < 4.78 is 11.6. The van der Waals surface area contributed by atoms with Crippen LogP contribution in [0.15, 0.2) is 16.6 Å². The third kappa shape index (κ3) is 5.64. The highest BCUT2D eigenvalue weighted by molar-refractivity contribution is 9.10. The molecule has 0 saturated heterocycles. The van der Waals surface area contributed by atoms with Crippen LogP contribution in [-0.2, 0) is 4.79 Å². The van der Waals surface area contributed by atoms with Crippen molar-refractivity contribution in [3.8, 4) is 17.6 Å². The van der Waals surface area contributed by atoms with Crippen LogP contribution in [0.2, 0.25) is 0 Å². The first-order valence-corrected chi connectivity index (χ1v) is 7.53. The molecule has 0 heterocycles. The largest absolute Gasteiger partial charge is 0.490 e. The first-order chi connectivity index (χ1) is 9.97. The molecule has 114 valence electrons. The van der Waals surface area contributed by atoms with Gasteiger partial charge < -0.3 is 14.8 Å². The van der Waals surface area contributed by atoms with Crippen LogP contribution in [0.25, 0.3) is 0 Å². The van der Waals surface area contributed by atoms with Gasteiger partial charge in [-0.25, -0.2) is 0 Å². The molecule has 0 aliphatic rings. The fourth-order valence-electron chi connectivity index (χ4n) is 1.54. The third-order valence-corrected chi connectivity index (χ3v) is 3.08. The number of rotatable bonds is 7. The van der Waals surface area contributed by atoms with Crippen molar-refractivity contribution >= 4 is 21.8 Å². The van der Waals surface area contributed by atoms with Crippen molar-refractivity contribution < 1.29 is 14.3 Å². The second kappa shape index (κ2) is 8.53. The van der Waals surface area contributed by atoms with Crippen LogP contribution in [0.5, 0.6) is 11.5 Å². The van der Waals surface area contributed by atoms with Gasteiger partial charge in [-0.05, 0) is 34.8 Å². The molecule has 0 atom stereocenters. The number of amides is 1. The van der Waals surface area contributed by atoms with Crippen LogP contribution in [-0.4, -0.2) is 25.7 Å². The lowest BCUT2D eigenvalue weighted by Gasteiger charge is -2.14. The van der Waals surface area contributed by atoms with Crippen LogP contribution in [0.1, 0.15) is 26.3 Å². The number of hydrogen-bond acceptors (Lipinski definition) is 4. The standard InChI is InChI=1S/C15H19BrN2O3/c1-4-20-13-6-11(7-17)5-12(16)15(13)21-9-14(19)18-8-10(2)3/h5-6,10H,4,8-9H2,1-3H3,(H,18,19). The Hall–Kier alpha value is -1.74. The molecule has 0 saturated carbocycles. The Labute approximate surface area is 133 Å². The van der Waals surface area contributed by atoms with Gasteiger partial charge in [0.25, 0.3) is 5.91 Å². The maximum absolute atomic E-state index is 11.7. The van der Waals surface area contributed by atoms with E-state index < -0.39 is 0 Å². The van der Waals surface area contributed by atoms with E-state index in [1.165, 1.54) is 0 Å². The van der Waals surface area contributed by atoms with E-state index >= 15 is 0 Å². The van der Waals surface area contributed by atoms with Crippen LogP contribution >= 0.6 is 15.9 Å². The van der Waals surface area contributed by atoms with E-state index in [4.69, 9.17) is 14.7 Å². The monoisotopic (exact) mass is 354 g/mol. The van der Waals surface area contributed by atoms with Crippen LogP contribution in [0.4, 0.5) is 0 Å². The highest BCUT2D eigenvalue weighted by atomic mass is 79.9. The van der Waals surface area contributed by atoms with Crippen LogP contribution < -0.4 is 14.8 Å². The molecular formula is C15H19BrN2O3. The second-order valence-corrected chi connectivity index (χ2v) is 5.67. The van der Waals surface area contributed by atoms with Crippen molar-refractivity contribution in [3.63, 3.8) is 0 Å². The summed E-state index contributed by atoms with van der Waals surface area (Å²) in [7, 11) is 0. The molecule has 5 nitrogen and oxygen atoms in total. The predicted octanol–water partition coefficient (Wildman–Crippen LogP) is 2.87. The quantitative estimate of drug-likeness (QED) is 0.817. The van der Waals surface area contributed by atoms with Gasteiger partial charge in [0, 0.05) is 12.6 Å².